The summed E-state index contributed by atoms with van der Waals surface area (Å²) >= 11 is 11.1. The van der Waals surface area contributed by atoms with Crippen LogP contribution in [0.2, 0.25) is 5.02 Å². The van der Waals surface area contributed by atoms with Crippen LogP contribution in [0.25, 0.3) is 0 Å². The summed E-state index contributed by atoms with van der Waals surface area (Å²) in [5.41, 5.74) is 2.11. The highest BCUT2D eigenvalue weighted by Crippen LogP contribution is 2.38. The number of benzene rings is 1. The predicted molar refractivity (Wildman–Crippen MR) is 128 cm³/mol. The molecule has 0 bridgehead atoms. The minimum absolute atomic E-state index is 0.365. The third kappa shape index (κ3) is 4.89. The number of aromatic nitrogens is 3. The van der Waals surface area contributed by atoms with E-state index in [0.717, 1.165) is 18.4 Å². The zero-order valence-electron chi connectivity index (χ0n) is 17.6. The Kier molecular flexibility index (Phi) is 7.27. The summed E-state index contributed by atoms with van der Waals surface area (Å²) in [7, 11) is 0. The fourth-order valence-electron chi connectivity index (χ4n) is 3.34. The number of thioether (sulfide) groups is 1. The summed E-state index contributed by atoms with van der Waals surface area (Å²) in [4.78, 5) is 17.6. The highest BCUT2D eigenvalue weighted by Gasteiger charge is 2.37. The molecule has 0 aliphatic carbocycles. The first-order valence-corrected chi connectivity index (χ1v) is 12.4. The van der Waals surface area contributed by atoms with Crippen molar-refractivity contribution in [3.8, 4) is 0 Å². The first kappa shape index (κ1) is 22.9. The lowest BCUT2D eigenvalue weighted by Gasteiger charge is -2.26. The average molecular weight is 538 g/mol. The molecule has 1 aliphatic rings. The van der Waals surface area contributed by atoms with E-state index in [4.69, 9.17) is 20.8 Å². The van der Waals surface area contributed by atoms with E-state index in [1.807, 2.05) is 44.2 Å². The van der Waals surface area contributed by atoms with Crippen LogP contribution in [0.3, 0.4) is 0 Å². The van der Waals surface area contributed by atoms with E-state index in [2.05, 4.69) is 31.3 Å². The number of ether oxygens (including phenoxy) is 1. The van der Waals surface area contributed by atoms with Gasteiger partial charge in [-0.15, -0.1) is 5.10 Å². The van der Waals surface area contributed by atoms with Crippen LogP contribution in [0.15, 0.2) is 61.9 Å². The van der Waals surface area contributed by atoms with E-state index in [1.165, 1.54) is 11.8 Å². The molecule has 1 aliphatic heterocycles. The fourth-order valence-corrected chi connectivity index (χ4v) is 4.77. The number of hydrogen-bond donors (Lipinski definition) is 1. The number of carbonyl (C=O) groups is 1. The Labute approximate surface area is 203 Å². The standard InChI is InChI=1S/C22H22BrClN4O3S/c1-3-4-11-30-20(29)18-13(2)25-21-26-22(32-12-14-7-5-6-8-15(14)24)27-28(21)19(18)16-9-10-17(23)31-16/h5-10,19H,3-4,11-12H2,1-2H3,(H,25,26,27). The van der Waals surface area contributed by atoms with E-state index >= 15 is 0 Å². The maximum absolute atomic E-state index is 13.0. The number of halogens is 2. The van der Waals surface area contributed by atoms with Crippen LogP contribution in [0.1, 0.15) is 44.1 Å². The third-order valence-corrected chi connectivity index (χ3v) is 6.64. The molecule has 0 fully saturated rings. The van der Waals surface area contributed by atoms with Gasteiger partial charge in [0.2, 0.25) is 11.1 Å². The van der Waals surface area contributed by atoms with Crippen LogP contribution >= 0.6 is 39.3 Å². The van der Waals surface area contributed by atoms with Crippen molar-refractivity contribution in [1.82, 2.24) is 14.8 Å². The molecule has 1 aromatic carbocycles. The van der Waals surface area contributed by atoms with Gasteiger partial charge in [-0.25, -0.2) is 9.48 Å². The summed E-state index contributed by atoms with van der Waals surface area (Å²) < 4.78 is 13.6. The van der Waals surface area contributed by atoms with Crippen molar-refractivity contribution < 1.29 is 13.9 Å². The number of unbranched alkanes of at least 4 members (excludes halogenated alkanes) is 1. The van der Waals surface area contributed by atoms with E-state index in [0.29, 0.717) is 50.2 Å². The van der Waals surface area contributed by atoms with Crippen molar-refractivity contribution in [2.75, 3.05) is 11.9 Å². The largest absolute Gasteiger partial charge is 0.462 e. The minimum Gasteiger partial charge on any atom is -0.462 e. The number of nitrogens with one attached hydrogen (secondary N) is 1. The highest BCUT2D eigenvalue weighted by molar-refractivity contribution is 9.10. The fraction of sp³-hybridized carbons (Fsp3) is 0.318. The quantitative estimate of drug-likeness (QED) is 0.208. The van der Waals surface area contributed by atoms with Crippen LogP contribution in [0.4, 0.5) is 5.95 Å². The number of fused-ring (bicyclic) bond motifs is 1. The Morgan fingerprint density at radius 2 is 2.16 bits per heavy atom. The zero-order valence-corrected chi connectivity index (χ0v) is 20.8. The van der Waals surface area contributed by atoms with E-state index in [9.17, 15) is 4.79 Å². The van der Waals surface area contributed by atoms with Gasteiger partial charge in [-0.1, -0.05) is 54.9 Å². The SMILES string of the molecule is CCCCOC(=O)C1=C(C)Nc2nc(SCc3ccccc3Cl)nn2C1c1ccc(Br)o1. The summed E-state index contributed by atoms with van der Waals surface area (Å²) in [5, 5.41) is 9.13. The second kappa shape index (κ2) is 10.1. The Hall–Kier alpha value is -2.23. The number of furan rings is 1. The maximum atomic E-state index is 13.0. The molecule has 1 atom stereocenters. The first-order valence-electron chi connectivity index (χ1n) is 10.2. The summed E-state index contributed by atoms with van der Waals surface area (Å²) in [5.74, 6) is 1.33. The summed E-state index contributed by atoms with van der Waals surface area (Å²) in [6.07, 6.45) is 1.75. The average Bonchev–Trinajstić information content (AvgIpc) is 3.38. The number of nitrogens with zero attached hydrogens (tertiary/aromatic N) is 3. The summed E-state index contributed by atoms with van der Waals surface area (Å²) in [6, 6.07) is 10.7. The van der Waals surface area contributed by atoms with Crippen LogP contribution in [-0.4, -0.2) is 27.3 Å². The number of esters is 1. The lowest BCUT2D eigenvalue weighted by Crippen LogP contribution is -2.29. The molecule has 0 saturated heterocycles. The third-order valence-electron chi connectivity index (χ3n) is 4.96. The van der Waals surface area contributed by atoms with Crippen molar-refractivity contribution in [2.45, 2.75) is 43.6 Å². The van der Waals surface area contributed by atoms with Gasteiger partial charge in [0, 0.05) is 16.5 Å². The van der Waals surface area contributed by atoms with Gasteiger partial charge in [0.15, 0.2) is 4.67 Å². The molecule has 4 rings (SSSR count). The van der Waals surface area contributed by atoms with Gasteiger partial charge in [-0.3, -0.25) is 0 Å². The molecule has 3 heterocycles. The number of carbonyl (C=O) groups excluding carboxylic acids is 1. The molecule has 3 aromatic rings. The molecular formula is C22H22BrClN4O3S. The number of rotatable bonds is 8. The Morgan fingerprint density at radius 1 is 1.34 bits per heavy atom. The number of anilines is 1. The van der Waals surface area contributed by atoms with Crippen molar-refractivity contribution in [3.05, 3.63) is 68.7 Å². The Morgan fingerprint density at radius 3 is 2.88 bits per heavy atom. The lowest BCUT2D eigenvalue weighted by atomic mass is 10.0. The van der Waals surface area contributed by atoms with Crippen LogP contribution < -0.4 is 5.32 Å². The van der Waals surface area contributed by atoms with Gasteiger partial charge in [-0.2, -0.15) is 4.98 Å². The van der Waals surface area contributed by atoms with Gasteiger partial charge in [0.05, 0.1) is 12.2 Å². The predicted octanol–water partition coefficient (Wildman–Crippen LogP) is 6.21. The van der Waals surface area contributed by atoms with Gasteiger partial charge >= 0.3 is 5.97 Å². The van der Waals surface area contributed by atoms with Crippen molar-refractivity contribution >= 4 is 51.2 Å². The van der Waals surface area contributed by atoms with E-state index in [1.54, 1.807) is 10.7 Å². The summed E-state index contributed by atoms with van der Waals surface area (Å²) in [6.45, 7) is 4.24. The molecular weight excluding hydrogens is 516 g/mol. The Balaban J connectivity index is 1.64. The molecule has 7 nitrogen and oxygen atoms in total. The number of hydrogen-bond acceptors (Lipinski definition) is 7. The second-order valence-electron chi connectivity index (χ2n) is 7.24. The van der Waals surface area contributed by atoms with Gasteiger partial charge in [-0.05, 0) is 53.0 Å². The van der Waals surface area contributed by atoms with Gasteiger partial charge < -0.3 is 14.5 Å². The number of allylic oxidation sites excluding steroid dienone is 1. The molecule has 1 unspecified atom stereocenters. The van der Waals surface area contributed by atoms with Crippen molar-refractivity contribution in [1.29, 1.82) is 0 Å². The molecule has 0 spiro atoms. The molecule has 2 aromatic heterocycles. The van der Waals surface area contributed by atoms with Crippen LogP contribution in [0, 0.1) is 0 Å². The molecule has 0 radical (unpaired) electrons. The Bertz CT molecular complexity index is 1160. The van der Waals surface area contributed by atoms with Gasteiger partial charge in [0.1, 0.15) is 11.8 Å². The molecule has 0 saturated carbocycles. The zero-order chi connectivity index (χ0) is 22.7. The first-order chi connectivity index (χ1) is 15.5. The second-order valence-corrected chi connectivity index (χ2v) is 9.37. The van der Waals surface area contributed by atoms with Crippen LogP contribution in [0.5, 0.6) is 0 Å². The van der Waals surface area contributed by atoms with Crippen molar-refractivity contribution in [3.63, 3.8) is 0 Å². The molecule has 0 amide bonds. The van der Waals surface area contributed by atoms with Crippen molar-refractivity contribution in [2.24, 2.45) is 0 Å². The van der Waals surface area contributed by atoms with Gasteiger partial charge in [0.25, 0.3) is 0 Å². The smallest absolute Gasteiger partial charge is 0.338 e. The molecule has 1 N–H and O–H groups in total. The normalized spacial score (nSPS) is 15.4. The van der Waals surface area contributed by atoms with E-state index < -0.39 is 12.0 Å². The molecule has 32 heavy (non-hydrogen) atoms. The molecule has 168 valence electrons. The van der Waals surface area contributed by atoms with E-state index in [-0.39, 0.29) is 0 Å². The monoisotopic (exact) mass is 536 g/mol. The van der Waals surface area contributed by atoms with Crippen LogP contribution in [-0.2, 0) is 15.3 Å². The molecule has 10 heteroatoms. The maximum Gasteiger partial charge on any atom is 0.338 e. The minimum atomic E-state index is -0.589. The lowest BCUT2D eigenvalue weighted by molar-refractivity contribution is -0.139. The topological polar surface area (TPSA) is 82.2 Å². The highest BCUT2D eigenvalue weighted by atomic mass is 79.9.